The Morgan fingerprint density at radius 3 is 2.53 bits per heavy atom. The summed E-state index contributed by atoms with van der Waals surface area (Å²) in [5.41, 5.74) is 0.429. The van der Waals surface area contributed by atoms with Crippen molar-refractivity contribution in [2.24, 2.45) is 0 Å². The van der Waals surface area contributed by atoms with Gasteiger partial charge in [-0.05, 0) is 32.9 Å². The number of nitro benzene ring substituents is 1. The maximum Gasteiger partial charge on any atom is 0.295 e. The Hall–Kier alpha value is -2.57. The number of hydrogen-bond donors (Lipinski definition) is 0. The standard InChI is InChI=1S/C12H12N4O3/c1-7(17)10-4-5-11(12(6-10)16(18)19)15-9(3)13-8(2)14-15/h4-6H,1-3H3. The highest BCUT2D eigenvalue weighted by Crippen LogP contribution is 2.24. The molecule has 2 aromatic rings. The van der Waals surface area contributed by atoms with E-state index < -0.39 is 4.92 Å². The predicted molar refractivity (Wildman–Crippen MR) is 67.5 cm³/mol. The topological polar surface area (TPSA) is 90.9 Å². The molecule has 0 fully saturated rings. The van der Waals surface area contributed by atoms with Crippen molar-refractivity contribution in [2.75, 3.05) is 0 Å². The molecule has 7 nitrogen and oxygen atoms in total. The first-order valence-corrected chi connectivity index (χ1v) is 5.60. The highest BCUT2D eigenvalue weighted by molar-refractivity contribution is 5.95. The Morgan fingerprint density at radius 2 is 2.05 bits per heavy atom. The maximum atomic E-state index is 11.3. The SMILES string of the molecule is CC(=O)c1ccc(-n2nc(C)nc2C)c([N+](=O)[O-])c1. The molecule has 19 heavy (non-hydrogen) atoms. The molecule has 0 aliphatic heterocycles. The summed E-state index contributed by atoms with van der Waals surface area (Å²) in [4.78, 5) is 26.0. The summed E-state index contributed by atoms with van der Waals surface area (Å²) in [6.07, 6.45) is 0. The molecule has 1 aromatic heterocycles. The highest BCUT2D eigenvalue weighted by atomic mass is 16.6. The second-order valence-corrected chi connectivity index (χ2v) is 4.13. The summed E-state index contributed by atoms with van der Waals surface area (Å²) in [7, 11) is 0. The molecule has 0 amide bonds. The fourth-order valence-corrected chi connectivity index (χ4v) is 1.82. The molecule has 98 valence electrons. The number of ketones is 1. The van der Waals surface area contributed by atoms with Gasteiger partial charge in [-0.25, -0.2) is 9.67 Å². The van der Waals surface area contributed by atoms with Crippen LogP contribution in [0.3, 0.4) is 0 Å². The first-order valence-electron chi connectivity index (χ1n) is 5.60. The molecule has 1 aromatic carbocycles. The lowest BCUT2D eigenvalue weighted by Crippen LogP contribution is -2.05. The van der Waals surface area contributed by atoms with E-state index in [1.54, 1.807) is 19.9 Å². The van der Waals surface area contributed by atoms with Crippen molar-refractivity contribution in [3.05, 3.63) is 45.5 Å². The van der Waals surface area contributed by atoms with Crippen LogP contribution in [0, 0.1) is 24.0 Å². The summed E-state index contributed by atoms with van der Waals surface area (Å²) in [5.74, 6) is 0.861. The molecular weight excluding hydrogens is 248 g/mol. The number of carbonyl (C=O) groups excluding carboxylic acids is 1. The van der Waals surface area contributed by atoms with Gasteiger partial charge in [0.25, 0.3) is 5.69 Å². The van der Waals surface area contributed by atoms with Crippen molar-refractivity contribution < 1.29 is 9.72 Å². The molecule has 7 heteroatoms. The van der Waals surface area contributed by atoms with Crippen LogP contribution in [0.2, 0.25) is 0 Å². The van der Waals surface area contributed by atoms with Crippen LogP contribution in [0.5, 0.6) is 0 Å². The molecule has 0 N–H and O–H groups in total. The lowest BCUT2D eigenvalue weighted by molar-refractivity contribution is -0.384. The summed E-state index contributed by atoms with van der Waals surface area (Å²) in [6.45, 7) is 4.78. The quantitative estimate of drug-likeness (QED) is 0.478. The van der Waals surface area contributed by atoms with E-state index in [1.807, 2.05) is 0 Å². The van der Waals surface area contributed by atoms with Gasteiger partial charge in [0, 0.05) is 11.6 Å². The fourth-order valence-electron chi connectivity index (χ4n) is 1.82. The van der Waals surface area contributed by atoms with E-state index in [2.05, 4.69) is 10.1 Å². The first kappa shape index (κ1) is 12.9. The minimum absolute atomic E-state index is 0.166. The zero-order valence-corrected chi connectivity index (χ0v) is 10.7. The number of hydrogen-bond acceptors (Lipinski definition) is 5. The molecule has 0 saturated carbocycles. The second-order valence-electron chi connectivity index (χ2n) is 4.13. The van der Waals surface area contributed by atoms with E-state index in [9.17, 15) is 14.9 Å². The largest absolute Gasteiger partial charge is 0.295 e. The number of Topliss-reactive ketones (excluding diaryl/α,β-unsaturated/α-hetero) is 1. The monoisotopic (exact) mass is 260 g/mol. The summed E-state index contributed by atoms with van der Waals surface area (Å²) in [5, 5.41) is 15.2. The normalized spacial score (nSPS) is 10.5. The number of benzene rings is 1. The Morgan fingerprint density at radius 1 is 1.37 bits per heavy atom. The maximum absolute atomic E-state index is 11.3. The van der Waals surface area contributed by atoms with E-state index in [0.29, 0.717) is 22.9 Å². The fraction of sp³-hybridized carbons (Fsp3) is 0.250. The Kier molecular flexibility index (Phi) is 3.12. The molecule has 0 aliphatic carbocycles. The molecule has 1 heterocycles. The second kappa shape index (κ2) is 4.60. The number of aryl methyl sites for hydroxylation is 2. The van der Waals surface area contributed by atoms with Crippen LogP contribution in [0.1, 0.15) is 28.9 Å². The van der Waals surface area contributed by atoms with Gasteiger partial charge in [-0.15, -0.1) is 0 Å². The van der Waals surface area contributed by atoms with Crippen LogP contribution >= 0.6 is 0 Å². The van der Waals surface area contributed by atoms with Crippen molar-refractivity contribution in [1.29, 1.82) is 0 Å². The Balaban J connectivity index is 2.66. The van der Waals surface area contributed by atoms with Crippen LogP contribution in [0.25, 0.3) is 5.69 Å². The Labute approximate surface area is 109 Å². The molecule has 0 spiro atoms. The van der Waals surface area contributed by atoms with Crippen molar-refractivity contribution in [3.8, 4) is 5.69 Å². The number of aromatic nitrogens is 3. The van der Waals surface area contributed by atoms with Crippen LogP contribution in [-0.2, 0) is 0 Å². The molecule has 0 saturated heterocycles. The van der Waals surface area contributed by atoms with Crippen LogP contribution in [-0.4, -0.2) is 25.5 Å². The van der Waals surface area contributed by atoms with E-state index in [-0.39, 0.29) is 11.5 Å². The van der Waals surface area contributed by atoms with Crippen LogP contribution in [0.15, 0.2) is 18.2 Å². The summed E-state index contributed by atoms with van der Waals surface area (Å²) >= 11 is 0. The molecule has 0 radical (unpaired) electrons. The van der Waals surface area contributed by atoms with Gasteiger partial charge in [-0.3, -0.25) is 14.9 Å². The van der Waals surface area contributed by atoms with Gasteiger partial charge in [0.05, 0.1) is 4.92 Å². The Bertz CT molecular complexity index is 676. The minimum atomic E-state index is -0.530. The predicted octanol–water partition coefficient (Wildman–Crippen LogP) is 1.99. The third-order valence-electron chi connectivity index (χ3n) is 2.68. The lowest BCUT2D eigenvalue weighted by Gasteiger charge is -2.05. The number of nitro groups is 1. The van der Waals surface area contributed by atoms with E-state index in [0.717, 1.165) is 0 Å². The average molecular weight is 260 g/mol. The van der Waals surface area contributed by atoms with Crippen molar-refractivity contribution in [2.45, 2.75) is 20.8 Å². The number of carbonyl (C=O) groups is 1. The van der Waals surface area contributed by atoms with Gasteiger partial charge in [0.1, 0.15) is 17.3 Å². The smallest absolute Gasteiger partial charge is 0.295 e. The summed E-state index contributed by atoms with van der Waals surface area (Å²) in [6, 6.07) is 4.31. The van der Waals surface area contributed by atoms with Gasteiger partial charge in [-0.2, -0.15) is 5.10 Å². The zero-order valence-electron chi connectivity index (χ0n) is 10.7. The van der Waals surface area contributed by atoms with Crippen molar-refractivity contribution >= 4 is 11.5 Å². The minimum Gasteiger partial charge on any atom is -0.295 e. The first-order chi connectivity index (χ1) is 8.90. The number of rotatable bonds is 3. The molecule has 0 atom stereocenters. The van der Waals surface area contributed by atoms with Gasteiger partial charge < -0.3 is 0 Å². The molecule has 2 rings (SSSR count). The summed E-state index contributed by atoms with van der Waals surface area (Å²) < 4.78 is 1.40. The molecule has 0 aliphatic rings. The third-order valence-corrected chi connectivity index (χ3v) is 2.68. The molecule has 0 unspecified atom stereocenters. The zero-order chi connectivity index (χ0) is 14.2. The third kappa shape index (κ3) is 2.35. The van der Waals surface area contributed by atoms with E-state index >= 15 is 0 Å². The van der Waals surface area contributed by atoms with Crippen LogP contribution in [0.4, 0.5) is 5.69 Å². The van der Waals surface area contributed by atoms with Gasteiger partial charge in [0.15, 0.2) is 5.78 Å². The average Bonchev–Trinajstić information content (AvgIpc) is 2.67. The van der Waals surface area contributed by atoms with Crippen molar-refractivity contribution in [3.63, 3.8) is 0 Å². The highest BCUT2D eigenvalue weighted by Gasteiger charge is 2.20. The van der Waals surface area contributed by atoms with E-state index in [4.69, 9.17) is 0 Å². The molecular formula is C12H12N4O3. The van der Waals surface area contributed by atoms with Crippen LogP contribution < -0.4 is 0 Å². The molecule has 0 bridgehead atoms. The number of nitrogens with zero attached hydrogens (tertiary/aromatic N) is 4. The van der Waals surface area contributed by atoms with Gasteiger partial charge in [0.2, 0.25) is 0 Å². The van der Waals surface area contributed by atoms with Gasteiger partial charge >= 0.3 is 0 Å². The van der Waals surface area contributed by atoms with Gasteiger partial charge in [-0.1, -0.05) is 0 Å². The van der Waals surface area contributed by atoms with E-state index in [1.165, 1.54) is 23.7 Å². The lowest BCUT2D eigenvalue weighted by atomic mass is 10.1. The van der Waals surface area contributed by atoms with Crippen molar-refractivity contribution in [1.82, 2.24) is 14.8 Å².